The second kappa shape index (κ2) is 5.91. The van der Waals surface area contributed by atoms with E-state index in [1.165, 1.54) is 0 Å². The molecule has 0 fully saturated rings. The Labute approximate surface area is 52.8 Å². The minimum atomic E-state index is -2.68. The molecule has 2 nitrogen and oxygen atoms in total. The lowest BCUT2D eigenvalue weighted by atomic mass is 10.7. The summed E-state index contributed by atoms with van der Waals surface area (Å²) in [5.74, 6) is 0. The van der Waals surface area contributed by atoms with Crippen LogP contribution in [0.2, 0.25) is 0 Å². The van der Waals surface area contributed by atoms with Crippen LogP contribution in [0.3, 0.4) is 0 Å². The Morgan fingerprint density at radius 1 is 1.33 bits per heavy atom. The molecule has 0 atom stereocenters. The van der Waals surface area contributed by atoms with E-state index in [0.717, 1.165) is 0 Å². The second-order valence-electron chi connectivity index (χ2n) is 1.33. The largest absolute Gasteiger partial charge is 0.379 e. The molecule has 0 unspecified atom stereocenters. The first-order valence-electron chi connectivity index (χ1n) is 2.75. The van der Waals surface area contributed by atoms with Crippen LogP contribution in [-0.2, 0) is 9.47 Å². The van der Waals surface area contributed by atoms with Crippen LogP contribution in [0.15, 0.2) is 0 Å². The predicted molar refractivity (Wildman–Crippen MR) is 28.4 cm³/mol. The van der Waals surface area contributed by atoms with Crippen molar-refractivity contribution in [1.82, 2.24) is 0 Å². The first-order chi connectivity index (χ1) is 4.27. The summed E-state index contributed by atoms with van der Waals surface area (Å²) in [5.41, 5.74) is 0. The lowest BCUT2D eigenvalue weighted by molar-refractivity contribution is -0.138. The van der Waals surface area contributed by atoms with Crippen LogP contribution in [0.1, 0.15) is 6.92 Å². The fourth-order valence-corrected chi connectivity index (χ4v) is 0.340. The van der Waals surface area contributed by atoms with Gasteiger partial charge in [-0.25, -0.2) is 0 Å². The topological polar surface area (TPSA) is 18.5 Å². The number of halogens is 2. The monoisotopic (exact) mass is 140 g/mol. The molecule has 0 amide bonds. The molecule has 0 saturated heterocycles. The van der Waals surface area contributed by atoms with Gasteiger partial charge in [-0.1, -0.05) is 0 Å². The summed E-state index contributed by atoms with van der Waals surface area (Å²) < 4.78 is 31.0. The molecule has 9 heavy (non-hydrogen) atoms. The number of hydrogen-bond donors (Lipinski definition) is 0. The van der Waals surface area contributed by atoms with Gasteiger partial charge in [0.1, 0.15) is 0 Å². The Morgan fingerprint density at radius 3 is 2.44 bits per heavy atom. The van der Waals surface area contributed by atoms with Crippen molar-refractivity contribution in [2.45, 2.75) is 13.5 Å². The average Bonchev–Trinajstić information content (AvgIpc) is 1.80. The minimum absolute atomic E-state index is 0.0362. The van der Waals surface area contributed by atoms with Crippen LogP contribution in [0.5, 0.6) is 0 Å². The van der Waals surface area contributed by atoms with Gasteiger partial charge in [-0.15, -0.1) is 0 Å². The molecule has 0 bridgehead atoms. The molecule has 0 aliphatic carbocycles. The third-order valence-electron chi connectivity index (χ3n) is 0.676. The fraction of sp³-hybridized carbons (Fsp3) is 1.00. The molecule has 0 N–H and O–H groups in total. The maximum atomic E-state index is 11.2. The molecule has 0 radical (unpaired) electrons. The van der Waals surface area contributed by atoms with Crippen molar-refractivity contribution < 1.29 is 18.3 Å². The van der Waals surface area contributed by atoms with Gasteiger partial charge >= 0.3 is 6.61 Å². The quantitative estimate of drug-likeness (QED) is 0.535. The zero-order valence-corrected chi connectivity index (χ0v) is 5.27. The Hall–Kier alpha value is -0.220. The zero-order valence-electron chi connectivity index (χ0n) is 5.27. The highest BCUT2D eigenvalue weighted by Crippen LogP contribution is 1.92. The highest BCUT2D eigenvalue weighted by molar-refractivity contribution is 4.25. The van der Waals surface area contributed by atoms with E-state index in [4.69, 9.17) is 4.74 Å². The van der Waals surface area contributed by atoms with Gasteiger partial charge in [0.2, 0.25) is 0 Å². The Bertz CT molecular complexity index is 58.9. The molecule has 0 saturated carbocycles. The molecule has 56 valence electrons. The van der Waals surface area contributed by atoms with E-state index in [1.54, 1.807) is 6.92 Å². The minimum Gasteiger partial charge on any atom is -0.379 e. The molecule has 0 rings (SSSR count). The molecule has 0 heterocycles. The van der Waals surface area contributed by atoms with E-state index in [0.29, 0.717) is 6.61 Å². The smallest absolute Gasteiger partial charge is 0.345 e. The van der Waals surface area contributed by atoms with E-state index in [1.807, 2.05) is 0 Å². The van der Waals surface area contributed by atoms with Gasteiger partial charge in [0.15, 0.2) is 0 Å². The van der Waals surface area contributed by atoms with Gasteiger partial charge in [-0.3, -0.25) is 0 Å². The van der Waals surface area contributed by atoms with Crippen LogP contribution >= 0.6 is 0 Å². The summed E-state index contributed by atoms with van der Waals surface area (Å²) in [4.78, 5) is 0. The van der Waals surface area contributed by atoms with E-state index in [9.17, 15) is 8.78 Å². The molecule has 0 aromatic carbocycles. The summed E-state index contributed by atoms with van der Waals surface area (Å²) in [6.45, 7) is -0.146. The third-order valence-corrected chi connectivity index (χ3v) is 0.676. The van der Waals surface area contributed by atoms with Gasteiger partial charge in [-0.05, 0) is 6.92 Å². The summed E-state index contributed by atoms with van der Waals surface area (Å²) in [7, 11) is 0. The highest BCUT2D eigenvalue weighted by Gasteiger charge is 1.98. The molecule has 4 heteroatoms. The van der Waals surface area contributed by atoms with Gasteiger partial charge in [0.25, 0.3) is 0 Å². The van der Waals surface area contributed by atoms with Gasteiger partial charge in [-0.2, -0.15) is 8.78 Å². The first-order valence-corrected chi connectivity index (χ1v) is 2.75. The Morgan fingerprint density at radius 2 is 2.00 bits per heavy atom. The van der Waals surface area contributed by atoms with Crippen LogP contribution in [0, 0.1) is 0 Å². The van der Waals surface area contributed by atoms with Crippen molar-refractivity contribution in [1.29, 1.82) is 0 Å². The summed E-state index contributed by atoms with van der Waals surface area (Å²) >= 11 is 0. The molecule has 0 aliphatic heterocycles. The molecule has 0 aromatic heterocycles. The van der Waals surface area contributed by atoms with Crippen molar-refractivity contribution >= 4 is 0 Å². The zero-order chi connectivity index (χ0) is 7.11. The molecule has 0 aromatic rings. The summed E-state index contributed by atoms with van der Waals surface area (Å²) in [5, 5.41) is 0. The number of alkyl halides is 2. The number of ether oxygens (including phenoxy) is 2. The lowest BCUT2D eigenvalue weighted by Crippen LogP contribution is -2.07. The maximum absolute atomic E-state index is 11.2. The maximum Gasteiger partial charge on any atom is 0.345 e. The normalized spacial score (nSPS) is 10.7. The first kappa shape index (κ1) is 8.78. The number of rotatable bonds is 5. The van der Waals surface area contributed by atoms with E-state index < -0.39 is 6.61 Å². The van der Waals surface area contributed by atoms with Crippen LogP contribution in [0.4, 0.5) is 8.78 Å². The summed E-state index contributed by atoms with van der Waals surface area (Å²) in [6.07, 6.45) is 0. The van der Waals surface area contributed by atoms with Crippen molar-refractivity contribution in [2.75, 3.05) is 19.8 Å². The highest BCUT2D eigenvalue weighted by atomic mass is 19.3. The van der Waals surface area contributed by atoms with Crippen molar-refractivity contribution in [3.63, 3.8) is 0 Å². The fourth-order valence-electron chi connectivity index (χ4n) is 0.340. The lowest BCUT2D eigenvalue weighted by Gasteiger charge is -2.00. The molecular formula is C5H10F2O2. The van der Waals surface area contributed by atoms with Crippen LogP contribution in [0.25, 0.3) is 0 Å². The van der Waals surface area contributed by atoms with E-state index in [-0.39, 0.29) is 13.2 Å². The number of hydrogen-bond acceptors (Lipinski definition) is 2. The SMILES string of the molecule is CCOCCOC(F)F. The second-order valence-corrected chi connectivity index (χ2v) is 1.33. The molecule has 0 aliphatic rings. The third kappa shape index (κ3) is 7.78. The van der Waals surface area contributed by atoms with Crippen LogP contribution in [-0.4, -0.2) is 26.4 Å². The molecule has 0 spiro atoms. The Kier molecular flexibility index (Phi) is 5.76. The van der Waals surface area contributed by atoms with Crippen molar-refractivity contribution in [3.05, 3.63) is 0 Å². The van der Waals surface area contributed by atoms with Crippen molar-refractivity contribution in [3.8, 4) is 0 Å². The van der Waals surface area contributed by atoms with Crippen molar-refractivity contribution in [2.24, 2.45) is 0 Å². The van der Waals surface area contributed by atoms with Gasteiger partial charge in [0, 0.05) is 6.61 Å². The predicted octanol–water partition coefficient (Wildman–Crippen LogP) is 1.26. The molecular weight excluding hydrogens is 130 g/mol. The van der Waals surface area contributed by atoms with E-state index >= 15 is 0 Å². The standard InChI is InChI=1S/C5H10F2O2/c1-2-8-3-4-9-5(6)7/h5H,2-4H2,1H3. The summed E-state index contributed by atoms with van der Waals surface area (Å²) in [6, 6.07) is 0. The van der Waals surface area contributed by atoms with Gasteiger partial charge < -0.3 is 9.47 Å². The van der Waals surface area contributed by atoms with Gasteiger partial charge in [0.05, 0.1) is 13.2 Å². The average molecular weight is 140 g/mol. The van der Waals surface area contributed by atoms with Crippen LogP contribution < -0.4 is 0 Å². The van der Waals surface area contributed by atoms with E-state index in [2.05, 4.69) is 4.74 Å². The Balaban J connectivity index is 2.75.